The Balaban J connectivity index is 1.50. The van der Waals surface area contributed by atoms with Crippen molar-refractivity contribution in [3.63, 3.8) is 0 Å². The van der Waals surface area contributed by atoms with Gasteiger partial charge in [-0.05, 0) is 47.6 Å². The van der Waals surface area contributed by atoms with E-state index in [-0.39, 0.29) is 29.9 Å². The minimum absolute atomic E-state index is 0.00617. The second-order valence-electron chi connectivity index (χ2n) is 7.89. The Morgan fingerprint density at radius 3 is 2.68 bits per heavy atom. The fourth-order valence-corrected chi connectivity index (χ4v) is 4.60. The van der Waals surface area contributed by atoms with Crippen molar-refractivity contribution in [1.29, 1.82) is 0 Å². The van der Waals surface area contributed by atoms with Gasteiger partial charge in [0.15, 0.2) is 5.78 Å². The molecule has 1 aliphatic heterocycles. The maximum atomic E-state index is 13.3. The SMILES string of the molecule is CC(=O)NCCC(=O)N1CCC[C@H](C(=O)c2ccc3c4c(cccc24)CC3)C1. The molecular weight excluding hydrogens is 352 g/mol. The van der Waals surface area contributed by atoms with Gasteiger partial charge in [0.1, 0.15) is 0 Å². The van der Waals surface area contributed by atoms with Crippen LogP contribution < -0.4 is 5.32 Å². The summed E-state index contributed by atoms with van der Waals surface area (Å²) in [6, 6.07) is 10.3. The zero-order chi connectivity index (χ0) is 19.7. The van der Waals surface area contributed by atoms with Crippen LogP contribution in [-0.2, 0) is 22.4 Å². The molecule has 0 saturated carbocycles. The molecule has 2 aliphatic rings. The van der Waals surface area contributed by atoms with Crippen LogP contribution in [0.1, 0.15) is 47.7 Å². The van der Waals surface area contributed by atoms with E-state index in [0.29, 0.717) is 19.6 Å². The number of rotatable bonds is 5. The van der Waals surface area contributed by atoms with E-state index >= 15 is 0 Å². The Bertz CT molecular complexity index is 940. The zero-order valence-electron chi connectivity index (χ0n) is 16.3. The lowest BCUT2D eigenvalue weighted by Gasteiger charge is -2.32. The smallest absolute Gasteiger partial charge is 0.224 e. The molecule has 1 fully saturated rings. The van der Waals surface area contributed by atoms with Crippen LogP contribution in [0.15, 0.2) is 30.3 Å². The Kier molecular flexibility index (Phi) is 5.16. The third-order valence-corrected chi connectivity index (χ3v) is 6.00. The average molecular weight is 378 g/mol. The van der Waals surface area contributed by atoms with Crippen molar-refractivity contribution in [3.05, 3.63) is 47.0 Å². The number of hydrogen-bond donors (Lipinski definition) is 1. The Labute approximate surface area is 165 Å². The quantitative estimate of drug-likeness (QED) is 0.814. The summed E-state index contributed by atoms with van der Waals surface area (Å²) in [6.45, 7) is 2.95. The van der Waals surface area contributed by atoms with Crippen LogP contribution in [0, 0.1) is 5.92 Å². The number of Topliss-reactive ketones (excluding diaryl/α,β-unsaturated/α-hetero) is 1. The monoisotopic (exact) mass is 378 g/mol. The first-order valence-corrected chi connectivity index (χ1v) is 10.1. The first-order chi connectivity index (χ1) is 13.5. The number of carbonyl (C=O) groups is 3. The van der Waals surface area contributed by atoms with Crippen LogP contribution in [0.25, 0.3) is 10.8 Å². The number of nitrogens with one attached hydrogen (secondary N) is 1. The lowest BCUT2D eigenvalue weighted by Crippen LogP contribution is -2.43. The third kappa shape index (κ3) is 3.53. The van der Waals surface area contributed by atoms with E-state index in [0.717, 1.165) is 36.6 Å². The van der Waals surface area contributed by atoms with E-state index in [1.165, 1.54) is 23.4 Å². The standard InChI is InChI=1S/C23H26N2O3/c1-15(26)24-12-11-21(27)25-13-3-5-18(14-25)23(28)20-10-9-17-8-7-16-4-2-6-19(20)22(16)17/h2,4,6,9-10,18H,3,5,7-8,11-14H2,1H3,(H,24,26)/t18-/m0/s1. The molecule has 1 atom stereocenters. The van der Waals surface area contributed by atoms with Gasteiger partial charge < -0.3 is 10.2 Å². The molecule has 1 heterocycles. The van der Waals surface area contributed by atoms with Crippen molar-refractivity contribution in [2.45, 2.75) is 39.0 Å². The van der Waals surface area contributed by atoms with E-state index in [1.54, 1.807) is 4.90 Å². The van der Waals surface area contributed by atoms with Crippen LogP contribution >= 0.6 is 0 Å². The van der Waals surface area contributed by atoms with Crippen LogP contribution in [0.4, 0.5) is 0 Å². The molecule has 1 saturated heterocycles. The summed E-state index contributed by atoms with van der Waals surface area (Å²) < 4.78 is 0. The predicted octanol–water partition coefficient (Wildman–Crippen LogP) is 2.89. The molecular formula is C23H26N2O3. The summed E-state index contributed by atoms with van der Waals surface area (Å²) in [5.74, 6) is -0.134. The average Bonchev–Trinajstić information content (AvgIpc) is 3.12. The summed E-state index contributed by atoms with van der Waals surface area (Å²) in [5, 5.41) is 4.98. The van der Waals surface area contributed by atoms with Crippen LogP contribution in [0.3, 0.4) is 0 Å². The van der Waals surface area contributed by atoms with Crippen LogP contribution in [0.5, 0.6) is 0 Å². The molecule has 2 aromatic rings. The van der Waals surface area contributed by atoms with Gasteiger partial charge in [0.25, 0.3) is 0 Å². The van der Waals surface area contributed by atoms with Crippen molar-refractivity contribution >= 4 is 28.4 Å². The molecule has 5 heteroatoms. The summed E-state index contributed by atoms with van der Waals surface area (Å²) >= 11 is 0. The minimum atomic E-state index is -0.156. The van der Waals surface area contributed by atoms with Crippen molar-refractivity contribution < 1.29 is 14.4 Å². The van der Waals surface area contributed by atoms with Gasteiger partial charge in [-0.2, -0.15) is 0 Å². The molecule has 4 rings (SSSR count). The highest BCUT2D eigenvalue weighted by Crippen LogP contribution is 2.34. The van der Waals surface area contributed by atoms with Gasteiger partial charge in [-0.3, -0.25) is 14.4 Å². The highest BCUT2D eigenvalue weighted by atomic mass is 16.2. The second-order valence-corrected chi connectivity index (χ2v) is 7.89. The van der Waals surface area contributed by atoms with Gasteiger partial charge in [0.2, 0.25) is 11.8 Å². The molecule has 2 amide bonds. The number of benzene rings is 2. The second kappa shape index (κ2) is 7.74. The van der Waals surface area contributed by atoms with Crippen LogP contribution in [0.2, 0.25) is 0 Å². The van der Waals surface area contributed by atoms with Crippen molar-refractivity contribution in [1.82, 2.24) is 10.2 Å². The molecule has 0 aromatic heterocycles. The molecule has 1 N–H and O–H groups in total. The summed E-state index contributed by atoms with van der Waals surface area (Å²) in [5.41, 5.74) is 3.46. The number of amides is 2. The van der Waals surface area contributed by atoms with Gasteiger partial charge in [0.05, 0.1) is 0 Å². The van der Waals surface area contributed by atoms with E-state index < -0.39 is 0 Å². The van der Waals surface area contributed by atoms with Crippen LogP contribution in [-0.4, -0.2) is 42.1 Å². The number of nitrogens with zero attached hydrogens (tertiary/aromatic N) is 1. The minimum Gasteiger partial charge on any atom is -0.356 e. The Morgan fingerprint density at radius 1 is 1.11 bits per heavy atom. The number of ketones is 1. The predicted molar refractivity (Wildman–Crippen MR) is 108 cm³/mol. The van der Waals surface area contributed by atoms with E-state index in [4.69, 9.17) is 0 Å². The molecule has 2 aromatic carbocycles. The highest BCUT2D eigenvalue weighted by Gasteiger charge is 2.30. The molecule has 0 spiro atoms. The van der Waals surface area contributed by atoms with Gasteiger partial charge in [0, 0.05) is 44.5 Å². The fraction of sp³-hybridized carbons (Fsp3) is 0.435. The summed E-state index contributed by atoms with van der Waals surface area (Å²) in [4.78, 5) is 38.6. The lowest BCUT2D eigenvalue weighted by molar-refractivity contribution is -0.132. The van der Waals surface area contributed by atoms with Crippen molar-refractivity contribution in [2.75, 3.05) is 19.6 Å². The normalized spacial score (nSPS) is 18.3. The molecule has 1 aliphatic carbocycles. The molecule has 0 bridgehead atoms. The van der Waals surface area contributed by atoms with E-state index in [1.807, 2.05) is 12.1 Å². The number of aryl methyl sites for hydroxylation is 2. The number of hydrogen-bond acceptors (Lipinski definition) is 3. The third-order valence-electron chi connectivity index (χ3n) is 6.00. The first-order valence-electron chi connectivity index (χ1n) is 10.1. The fourth-order valence-electron chi connectivity index (χ4n) is 4.60. The summed E-state index contributed by atoms with van der Waals surface area (Å²) in [6.07, 6.45) is 4.02. The van der Waals surface area contributed by atoms with E-state index in [9.17, 15) is 14.4 Å². The number of piperidine rings is 1. The number of likely N-dealkylation sites (tertiary alicyclic amines) is 1. The molecule has 5 nitrogen and oxygen atoms in total. The topological polar surface area (TPSA) is 66.5 Å². The Hall–Kier alpha value is -2.69. The van der Waals surface area contributed by atoms with E-state index in [2.05, 4.69) is 23.5 Å². The molecule has 28 heavy (non-hydrogen) atoms. The maximum Gasteiger partial charge on any atom is 0.224 e. The van der Waals surface area contributed by atoms with Gasteiger partial charge in [-0.1, -0.05) is 30.3 Å². The van der Waals surface area contributed by atoms with Gasteiger partial charge in [-0.25, -0.2) is 0 Å². The van der Waals surface area contributed by atoms with Gasteiger partial charge in [-0.15, -0.1) is 0 Å². The zero-order valence-corrected chi connectivity index (χ0v) is 16.3. The van der Waals surface area contributed by atoms with Crippen molar-refractivity contribution in [2.24, 2.45) is 5.92 Å². The molecule has 146 valence electrons. The summed E-state index contributed by atoms with van der Waals surface area (Å²) in [7, 11) is 0. The first kappa shape index (κ1) is 18.7. The highest BCUT2D eigenvalue weighted by molar-refractivity contribution is 6.11. The lowest BCUT2D eigenvalue weighted by atomic mass is 9.87. The number of carbonyl (C=O) groups excluding carboxylic acids is 3. The van der Waals surface area contributed by atoms with Crippen molar-refractivity contribution in [3.8, 4) is 0 Å². The largest absolute Gasteiger partial charge is 0.356 e. The molecule has 0 unspecified atom stereocenters. The Morgan fingerprint density at radius 2 is 1.89 bits per heavy atom. The molecule has 0 radical (unpaired) electrons. The maximum absolute atomic E-state index is 13.3. The van der Waals surface area contributed by atoms with Gasteiger partial charge >= 0.3 is 0 Å².